The van der Waals surface area contributed by atoms with E-state index in [0.717, 1.165) is 16.8 Å². The molecule has 3 heterocycles. The van der Waals surface area contributed by atoms with E-state index in [1.54, 1.807) is 18.5 Å². The first-order valence-electron chi connectivity index (χ1n) is 5.14. The molecule has 3 rings (SSSR count). The predicted molar refractivity (Wildman–Crippen MR) is 64.8 cm³/mol. The molecule has 17 heavy (non-hydrogen) atoms. The monoisotopic (exact) mass is 245 g/mol. The minimum Gasteiger partial charge on any atom is -0.325 e. The highest BCUT2D eigenvalue weighted by atomic mass is 35.5. The third-order valence-electron chi connectivity index (χ3n) is 2.65. The number of fused-ring (bicyclic) bond motifs is 3. The summed E-state index contributed by atoms with van der Waals surface area (Å²) in [5.74, 6) is -0.0917. The van der Waals surface area contributed by atoms with Crippen molar-refractivity contribution in [1.82, 2.24) is 9.97 Å². The standard InChI is InChI=1S/C12H8ClN3O/c13-11-4-10-8(6-15-11)7-2-1-3-14-9(7)5-12(17)16-10/h1-4,6H,5H2,(H,16,17). The van der Waals surface area contributed by atoms with Crippen LogP contribution in [0.4, 0.5) is 5.69 Å². The van der Waals surface area contributed by atoms with Crippen molar-refractivity contribution in [2.24, 2.45) is 0 Å². The van der Waals surface area contributed by atoms with Gasteiger partial charge in [0.05, 0.1) is 17.8 Å². The molecule has 0 spiro atoms. The number of rotatable bonds is 0. The molecule has 0 aliphatic carbocycles. The summed E-state index contributed by atoms with van der Waals surface area (Å²) in [6, 6.07) is 5.42. The van der Waals surface area contributed by atoms with E-state index in [4.69, 9.17) is 11.6 Å². The van der Waals surface area contributed by atoms with Gasteiger partial charge in [0, 0.05) is 23.5 Å². The maximum Gasteiger partial charge on any atom is 0.230 e. The second-order valence-electron chi connectivity index (χ2n) is 3.78. The van der Waals surface area contributed by atoms with Crippen LogP contribution in [0.1, 0.15) is 5.69 Å². The van der Waals surface area contributed by atoms with Crippen molar-refractivity contribution < 1.29 is 4.79 Å². The van der Waals surface area contributed by atoms with Gasteiger partial charge in [-0.2, -0.15) is 0 Å². The zero-order chi connectivity index (χ0) is 11.8. The van der Waals surface area contributed by atoms with Crippen molar-refractivity contribution in [3.05, 3.63) is 41.4 Å². The Labute approximate surface area is 103 Å². The minimum absolute atomic E-state index is 0.0917. The molecule has 0 saturated heterocycles. The molecule has 1 aliphatic heterocycles. The number of nitrogens with one attached hydrogen (secondary N) is 1. The Morgan fingerprint density at radius 1 is 1.29 bits per heavy atom. The lowest BCUT2D eigenvalue weighted by Gasteiger charge is -2.07. The lowest BCUT2D eigenvalue weighted by molar-refractivity contribution is -0.115. The van der Waals surface area contributed by atoms with Crippen LogP contribution in [0.5, 0.6) is 0 Å². The van der Waals surface area contributed by atoms with Crippen LogP contribution < -0.4 is 5.32 Å². The van der Waals surface area contributed by atoms with Gasteiger partial charge in [-0.1, -0.05) is 17.7 Å². The summed E-state index contributed by atoms with van der Waals surface area (Å²) in [5.41, 5.74) is 3.21. The van der Waals surface area contributed by atoms with Crippen molar-refractivity contribution in [1.29, 1.82) is 0 Å². The molecule has 5 heteroatoms. The van der Waals surface area contributed by atoms with Gasteiger partial charge in [-0.15, -0.1) is 0 Å². The molecule has 84 valence electrons. The molecular formula is C12H8ClN3O. The fraction of sp³-hybridized carbons (Fsp3) is 0.0833. The van der Waals surface area contributed by atoms with Crippen LogP contribution in [0.15, 0.2) is 30.6 Å². The summed E-state index contributed by atoms with van der Waals surface area (Å²) in [4.78, 5) is 20.0. The Hall–Kier alpha value is -1.94. The average Bonchev–Trinajstić information content (AvgIpc) is 2.43. The summed E-state index contributed by atoms with van der Waals surface area (Å²) in [6.07, 6.45) is 3.60. The summed E-state index contributed by atoms with van der Waals surface area (Å²) in [6.45, 7) is 0. The van der Waals surface area contributed by atoms with E-state index in [0.29, 0.717) is 10.8 Å². The summed E-state index contributed by atoms with van der Waals surface area (Å²) in [7, 11) is 0. The van der Waals surface area contributed by atoms with E-state index in [-0.39, 0.29) is 12.3 Å². The van der Waals surface area contributed by atoms with E-state index in [2.05, 4.69) is 15.3 Å². The Morgan fingerprint density at radius 3 is 3.06 bits per heavy atom. The van der Waals surface area contributed by atoms with Gasteiger partial charge >= 0.3 is 0 Å². The number of amides is 1. The molecule has 1 N–H and O–H groups in total. The summed E-state index contributed by atoms with van der Waals surface area (Å²) in [5, 5.41) is 3.16. The number of halogens is 1. The highest BCUT2D eigenvalue weighted by Crippen LogP contribution is 2.33. The lowest BCUT2D eigenvalue weighted by atomic mass is 10.0. The largest absolute Gasteiger partial charge is 0.325 e. The maximum absolute atomic E-state index is 11.7. The van der Waals surface area contributed by atoms with Gasteiger partial charge in [0.25, 0.3) is 0 Å². The van der Waals surface area contributed by atoms with Crippen molar-refractivity contribution >= 4 is 23.2 Å². The van der Waals surface area contributed by atoms with Gasteiger partial charge in [0.15, 0.2) is 0 Å². The molecule has 0 atom stereocenters. The summed E-state index contributed by atoms with van der Waals surface area (Å²) < 4.78 is 0. The van der Waals surface area contributed by atoms with E-state index < -0.39 is 0 Å². The number of pyridine rings is 2. The van der Waals surface area contributed by atoms with Gasteiger partial charge in [-0.25, -0.2) is 4.98 Å². The number of anilines is 1. The van der Waals surface area contributed by atoms with E-state index in [1.807, 2.05) is 12.1 Å². The number of nitrogens with zero attached hydrogens (tertiary/aromatic N) is 2. The number of hydrogen-bond donors (Lipinski definition) is 1. The molecular weight excluding hydrogens is 238 g/mol. The summed E-state index contributed by atoms with van der Waals surface area (Å²) >= 11 is 5.83. The van der Waals surface area contributed by atoms with Crippen LogP contribution in [0, 0.1) is 0 Å². The molecule has 0 unspecified atom stereocenters. The van der Waals surface area contributed by atoms with Gasteiger partial charge in [-0.3, -0.25) is 9.78 Å². The second kappa shape index (κ2) is 3.82. The van der Waals surface area contributed by atoms with Crippen molar-refractivity contribution in [3.8, 4) is 11.1 Å². The van der Waals surface area contributed by atoms with Crippen LogP contribution in [0.2, 0.25) is 5.15 Å². The fourth-order valence-electron chi connectivity index (χ4n) is 1.92. The van der Waals surface area contributed by atoms with Crippen molar-refractivity contribution in [3.63, 3.8) is 0 Å². The Kier molecular flexibility index (Phi) is 2.30. The molecule has 2 aromatic heterocycles. The number of carbonyl (C=O) groups is 1. The van der Waals surface area contributed by atoms with Gasteiger partial charge in [0.1, 0.15) is 5.15 Å². The highest BCUT2D eigenvalue weighted by Gasteiger charge is 2.19. The third-order valence-corrected chi connectivity index (χ3v) is 2.86. The number of carbonyl (C=O) groups excluding carboxylic acids is 1. The normalized spacial score (nSPS) is 13.4. The van der Waals surface area contributed by atoms with Gasteiger partial charge < -0.3 is 5.32 Å². The molecule has 1 aliphatic rings. The molecule has 0 radical (unpaired) electrons. The lowest BCUT2D eigenvalue weighted by Crippen LogP contribution is -2.13. The molecule has 0 bridgehead atoms. The molecule has 0 saturated carbocycles. The highest BCUT2D eigenvalue weighted by molar-refractivity contribution is 6.29. The molecule has 0 fully saturated rings. The smallest absolute Gasteiger partial charge is 0.230 e. The molecule has 1 amide bonds. The minimum atomic E-state index is -0.0917. The van der Waals surface area contributed by atoms with Crippen molar-refractivity contribution in [2.45, 2.75) is 6.42 Å². The first-order chi connectivity index (χ1) is 8.24. The van der Waals surface area contributed by atoms with Crippen LogP contribution in [-0.4, -0.2) is 15.9 Å². The van der Waals surface area contributed by atoms with Gasteiger partial charge in [0.2, 0.25) is 5.91 Å². The Balaban J connectivity index is 2.29. The van der Waals surface area contributed by atoms with E-state index in [9.17, 15) is 4.79 Å². The Morgan fingerprint density at radius 2 is 2.18 bits per heavy atom. The fourth-order valence-corrected chi connectivity index (χ4v) is 2.08. The predicted octanol–water partition coefficient (Wildman–Crippen LogP) is 2.29. The first-order valence-corrected chi connectivity index (χ1v) is 5.51. The SMILES string of the molecule is O=C1Cc2ncccc2-c2cnc(Cl)cc2N1. The first kappa shape index (κ1) is 10.2. The van der Waals surface area contributed by atoms with Gasteiger partial charge in [-0.05, 0) is 12.1 Å². The van der Waals surface area contributed by atoms with Crippen LogP contribution in [0.25, 0.3) is 11.1 Å². The quantitative estimate of drug-likeness (QED) is 0.725. The number of hydrogen-bond acceptors (Lipinski definition) is 3. The topological polar surface area (TPSA) is 54.9 Å². The third kappa shape index (κ3) is 1.76. The molecule has 4 nitrogen and oxygen atoms in total. The van der Waals surface area contributed by atoms with E-state index in [1.165, 1.54) is 0 Å². The average molecular weight is 246 g/mol. The zero-order valence-corrected chi connectivity index (χ0v) is 9.53. The van der Waals surface area contributed by atoms with E-state index >= 15 is 0 Å². The van der Waals surface area contributed by atoms with Crippen LogP contribution >= 0.6 is 11.6 Å². The maximum atomic E-state index is 11.7. The second-order valence-corrected chi connectivity index (χ2v) is 4.16. The zero-order valence-electron chi connectivity index (χ0n) is 8.77. The Bertz CT molecular complexity index is 612. The molecule has 0 aromatic carbocycles. The number of aromatic nitrogens is 2. The molecule has 2 aromatic rings. The van der Waals surface area contributed by atoms with Crippen molar-refractivity contribution in [2.75, 3.05) is 5.32 Å². The van der Waals surface area contributed by atoms with Crippen LogP contribution in [-0.2, 0) is 11.2 Å². The van der Waals surface area contributed by atoms with Crippen LogP contribution in [0.3, 0.4) is 0 Å².